The maximum Gasteiger partial charge on any atom is 0.226 e. The van der Waals surface area contributed by atoms with E-state index < -0.39 is 57.1 Å². The summed E-state index contributed by atoms with van der Waals surface area (Å²) in [6, 6.07) is -0.887. The van der Waals surface area contributed by atoms with Crippen molar-refractivity contribution in [3.8, 4) is 0 Å². The lowest BCUT2D eigenvalue weighted by Gasteiger charge is -2.62. The Hall–Kier alpha value is -1.09. The summed E-state index contributed by atoms with van der Waals surface area (Å²) < 4.78 is 42.9. The molecule has 4 fully saturated rings. The van der Waals surface area contributed by atoms with E-state index in [-0.39, 0.29) is 18.1 Å². The smallest absolute Gasteiger partial charge is 0.226 e. The van der Waals surface area contributed by atoms with Gasteiger partial charge >= 0.3 is 0 Å². The second-order valence-electron chi connectivity index (χ2n) is 10.9. The first-order valence-corrected chi connectivity index (χ1v) is 12.3. The zero-order valence-electron chi connectivity index (χ0n) is 18.8. The van der Waals surface area contributed by atoms with Crippen LogP contribution in [0.3, 0.4) is 0 Å². The number of halogens is 2. The number of ketones is 1. The van der Waals surface area contributed by atoms with Crippen molar-refractivity contribution in [3.63, 3.8) is 0 Å². The van der Waals surface area contributed by atoms with Crippen molar-refractivity contribution in [2.24, 2.45) is 22.7 Å². The molecular weight excluding hydrogens is 438 g/mol. The molecule has 0 bridgehead atoms. The summed E-state index contributed by atoms with van der Waals surface area (Å²) in [5.41, 5.74) is -4.76. The SMILES string of the molecule is CC1(C)O[C@@H]2C[C@H]3[C@@H]4CCC5=CC(=O)C=C[C@]5(C)[C@@]4(F)[C@@H](O)C[C@]3(C)[C@]2(C(=O)SCF)O1. The van der Waals surface area contributed by atoms with Gasteiger partial charge in [-0.2, -0.15) is 0 Å². The number of aliphatic hydroxyl groups excluding tert-OH is 1. The molecule has 8 atom stereocenters. The Morgan fingerprint density at radius 3 is 2.69 bits per heavy atom. The highest BCUT2D eigenvalue weighted by molar-refractivity contribution is 8.13. The van der Waals surface area contributed by atoms with Crippen LogP contribution in [-0.2, 0) is 19.1 Å². The zero-order valence-corrected chi connectivity index (χ0v) is 19.6. The summed E-state index contributed by atoms with van der Waals surface area (Å²) in [6.07, 6.45) is 3.85. The molecule has 0 aromatic heterocycles. The fourth-order valence-corrected chi connectivity index (χ4v) is 8.54. The summed E-state index contributed by atoms with van der Waals surface area (Å²) in [7, 11) is 0. The number of aliphatic hydroxyl groups is 1. The molecule has 4 aliphatic carbocycles. The van der Waals surface area contributed by atoms with Crippen molar-refractivity contribution in [1.82, 2.24) is 0 Å². The number of carbonyl (C=O) groups excluding carboxylic acids is 2. The Kier molecular flexibility index (Phi) is 4.78. The number of fused-ring (bicyclic) bond motifs is 7. The van der Waals surface area contributed by atoms with Crippen LogP contribution >= 0.6 is 11.8 Å². The zero-order chi connectivity index (χ0) is 23.3. The maximum absolute atomic E-state index is 17.2. The third-order valence-corrected chi connectivity index (χ3v) is 9.80. The third kappa shape index (κ3) is 2.50. The van der Waals surface area contributed by atoms with Gasteiger partial charge in [0.25, 0.3) is 0 Å². The van der Waals surface area contributed by atoms with Gasteiger partial charge in [-0.15, -0.1) is 0 Å². The largest absolute Gasteiger partial charge is 0.390 e. The third-order valence-electron chi connectivity index (χ3n) is 9.12. The molecule has 0 amide bonds. The lowest BCUT2D eigenvalue weighted by atomic mass is 9.45. The van der Waals surface area contributed by atoms with Crippen molar-refractivity contribution in [2.45, 2.75) is 82.6 Å². The number of hydrogen-bond acceptors (Lipinski definition) is 6. The molecule has 5 nitrogen and oxygen atoms in total. The van der Waals surface area contributed by atoms with E-state index in [4.69, 9.17) is 9.47 Å². The van der Waals surface area contributed by atoms with Crippen LogP contribution in [0.25, 0.3) is 0 Å². The van der Waals surface area contributed by atoms with Gasteiger partial charge in [0.2, 0.25) is 5.12 Å². The van der Waals surface area contributed by atoms with Gasteiger partial charge < -0.3 is 14.6 Å². The Labute approximate surface area is 191 Å². The van der Waals surface area contributed by atoms with Gasteiger partial charge in [0.15, 0.2) is 22.8 Å². The number of alkyl halides is 2. The molecule has 1 aliphatic heterocycles. The molecule has 0 spiro atoms. The predicted octanol–water partition coefficient (Wildman–Crippen LogP) is 4.04. The highest BCUT2D eigenvalue weighted by Gasteiger charge is 2.80. The lowest BCUT2D eigenvalue weighted by Crippen LogP contribution is -2.69. The topological polar surface area (TPSA) is 72.8 Å². The van der Waals surface area contributed by atoms with Crippen LogP contribution in [0.1, 0.15) is 53.4 Å². The monoisotopic (exact) mass is 468 g/mol. The molecule has 0 radical (unpaired) electrons. The average molecular weight is 469 g/mol. The normalized spacial score (nSPS) is 50.8. The van der Waals surface area contributed by atoms with Gasteiger partial charge in [-0.3, -0.25) is 9.59 Å². The van der Waals surface area contributed by atoms with E-state index in [0.29, 0.717) is 36.6 Å². The van der Waals surface area contributed by atoms with Crippen molar-refractivity contribution < 1.29 is 33.0 Å². The van der Waals surface area contributed by atoms with Crippen LogP contribution in [-0.4, -0.2) is 51.3 Å². The highest BCUT2D eigenvalue weighted by Crippen LogP contribution is 2.72. The Balaban J connectivity index is 1.63. The van der Waals surface area contributed by atoms with Crippen LogP contribution in [0, 0.1) is 22.7 Å². The number of allylic oxidation sites excluding steroid dienone is 4. The molecule has 1 heterocycles. The Bertz CT molecular complexity index is 949. The van der Waals surface area contributed by atoms with Gasteiger partial charge in [0.1, 0.15) is 6.01 Å². The van der Waals surface area contributed by atoms with E-state index in [2.05, 4.69) is 0 Å². The molecule has 176 valence electrons. The van der Waals surface area contributed by atoms with E-state index >= 15 is 4.39 Å². The fraction of sp³-hybridized carbons (Fsp3) is 0.750. The molecule has 3 saturated carbocycles. The van der Waals surface area contributed by atoms with Gasteiger partial charge in [-0.25, -0.2) is 8.78 Å². The molecule has 0 unspecified atom stereocenters. The quantitative estimate of drug-likeness (QED) is 0.659. The lowest BCUT2D eigenvalue weighted by molar-refractivity contribution is -0.243. The first-order valence-electron chi connectivity index (χ1n) is 11.3. The van der Waals surface area contributed by atoms with Crippen molar-refractivity contribution in [2.75, 3.05) is 6.01 Å². The molecule has 5 aliphatic rings. The standard InChI is InChI=1S/C24H30F2O5S/c1-20(2)30-18-10-16-15-6-5-13-9-14(27)7-8-21(13,3)23(15,26)17(28)11-22(16,4)24(18,31-20)19(29)32-12-25/h7-9,15-18,28H,5-6,10-12H2,1-4H3/t15-,16-,17-,18+,21-,22-,23-,24-/m0/s1. The molecule has 0 aromatic rings. The number of hydrogen-bond donors (Lipinski definition) is 1. The second kappa shape index (κ2) is 6.74. The molecule has 1 N–H and O–H groups in total. The maximum atomic E-state index is 17.2. The van der Waals surface area contributed by atoms with Crippen molar-refractivity contribution >= 4 is 22.7 Å². The minimum Gasteiger partial charge on any atom is -0.390 e. The van der Waals surface area contributed by atoms with E-state index in [1.165, 1.54) is 12.2 Å². The second-order valence-corrected chi connectivity index (χ2v) is 11.8. The van der Waals surface area contributed by atoms with Crippen LogP contribution in [0.5, 0.6) is 0 Å². The average Bonchev–Trinajstić information content (AvgIpc) is 3.10. The van der Waals surface area contributed by atoms with Gasteiger partial charge in [0, 0.05) is 16.7 Å². The van der Waals surface area contributed by atoms with Crippen LogP contribution in [0.4, 0.5) is 8.78 Å². The van der Waals surface area contributed by atoms with E-state index in [0.717, 1.165) is 0 Å². The summed E-state index contributed by atoms with van der Waals surface area (Å²) >= 11 is 0.554. The molecule has 8 heteroatoms. The summed E-state index contributed by atoms with van der Waals surface area (Å²) in [5, 5.41) is 11.0. The number of carbonyl (C=O) groups is 2. The van der Waals surface area contributed by atoms with Crippen LogP contribution in [0.2, 0.25) is 0 Å². The molecule has 1 saturated heterocycles. The molecule has 5 rings (SSSR count). The first-order chi connectivity index (χ1) is 14.9. The summed E-state index contributed by atoms with van der Waals surface area (Å²) in [5.74, 6) is -2.06. The molecular formula is C24H30F2O5S. The van der Waals surface area contributed by atoms with Crippen LogP contribution in [0.15, 0.2) is 23.8 Å². The highest BCUT2D eigenvalue weighted by atomic mass is 32.2. The summed E-state index contributed by atoms with van der Waals surface area (Å²) in [4.78, 5) is 25.3. The van der Waals surface area contributed by atoms with Gasteiger partial charge in [0.05, 0.1) is 12.2 Å². The summed E-state index contributed by atoms with van der Waals surface area (Å²) in [6.45, 7) is 7.07. The van der Waals surface area contributed by atoms with Gasteiger partial charge in [-0.05, 0) is 64.5 Å². The molecule has 32 heavy (non-hydrogen) atoms. The van der Waals surface area contributed by atoms with E-state index in [1.807, 2.05) is 6.92 Å². The number of rotatable bonds is 2. The fourth-order valence-electron chi connectivity index (χ4n) is 7.82. The van der Waals surface area contributed by atoms with Crippen molar-refractivity contribution in [1.29, 1.82) is 0 Å². The van der Waals surface area contributed by atoms with Crippen LogP contribution < -0.4 is 0 Å². The Morgan fingerprint density at radius 2 is 2.00 bits per heavy atom. The van der Waals surface area contributed by atoms with Crippen molar-refractivity contribution in [3.05, 3.63) is 23.8 Å². The van der Waals surface area contributed by atoms with E-state index in [1.54, 1.807) is 26.8 Å². The molecule has 0 aromatic carbocycles. The number of ether oxygens (including phenoxy) is 2. The number of thioether (sulfide) groups is 1. The first kappa shape index (κ1) is 22.7. The minimum atomic E-state index is -2.00. The Morgan fingerprint density at radius 1 is 1.28 bits per heavy atom. The predicted molar refractivity (Wildman–Crippen MR) is 115 cm³/mol. The van der Waals surface area contributed by atoms with Gasteiger partial charge in [-0.1, -0.05) is 30.3 Å². The minimum absolute atomic E-state index is 0.0101. The van der Waals surface area contributed by atoms with E-state index in [9.17, 15) is 19.1 Å².